The summed E-state index contributed by atoms with van der Waals surface area (Å²) in [7, 11) is 0.983. The molecule has 0 amide bonds. The highest BCUT2D eigenvalue weighted by Gasteiger charge is 2.49. The summed E-state index contributed by atoms with van der Waals surface area (Å²) in [5.74, 6) is -2.59. The molecular weight excluding hydrogens is 204 g/mol. The Morgan fingerprint density at radius 3 is 2.21 bits per heavy atom. The summed E-state index contributed by atoms with van der Waals surface area (Å²) >= 11 is 0. The van der Waals surface area contributed by atoms with Gasteiger partial charge in [-0.1, -0.05) is 0 Å². The molecule has 0 spiro atoms. The fourth-order valence-corrected chi connectivity index (χ4v) is 1.48. The highest BCUT2D eigenvalue weighted by atomic mass is 19.2. The van der Waals surface area contributed by atoms with Gasteiger partial charge in [-0.2, -0.15) is 0 Å². The second-order valence-electron chi connectivity index (χ2n) is 3.21. The quantitative estimate of drug-likeness (QED) is 0.488. The van der Waals surface area contributed by atoms with E-state index in [1.54, 1.807) is 0 Å². The molecule has 1 saturated carbocycles. The Bertz CT molecular complexity index is 223. The molecule has 0 aromatic carbocycles. The number of hydrogen-bond donors (Lipinski definition) is 0. The van der Waals surface area contributed by atoms with E-state index in [1.165, 1.54) is 0 Å². The van der Waals surface area contributed by atoms with Crippen LogP contribution in [-0.2, 0) is 9.53 Å². The van der Waals surface area contributed by atoms with Crippen LogP contribution in [0, 0.1) is 5.92 Å². The van der Waals surface area contributed by atoms with Gasteiger partial charge in [0.2, 0.25) is 0 Å². The summed E-state index contributed by atoms with van der Waals surface area (Å²) < 4.78 is 55.3. The first-order valence-electron chi connectivity index (χ1n) is 4.13. The van der Waals surface area contributed by atoms with E-state index in [-0.39, 0.29) is 0 Å². The van der Waals surface area contributed by atoms with Gasteiger partial charge in [0.1, 0.15) is 12.3 Å². The number of hydrogen-bond acceptors (Lipinski definition) is 2. The highest BCUT2D eigenvalue weighted by Crippen LogP contribution is 2.34. The number of ether oxygens (including phenoxy) is 1. The lowest BCUT2D eigenvalue weighted by molar-refractivity contribution is -0.155. The van der Waals surface area contributed by atoms with Gasteiger partial charge in [0.25, 0.3) is 0 Å². The van der Waals surface area contributed by atoms with Crippen molar-refractivity contribution in [2.24, 2.45) is 5.92 Å². The number of alkyl halides is 4. The van der Waals surface area contributed by atoms with Gasteiger partial charge in [-0.05, 0) is 6.42 Å². The number of halogens is 4. The minimum Gasteiger partial charge on any atom is -0.469 e. The molecule has 0 bridgehead atoms. The summed E-state index contributed by atoms with van der Waals surface area (Å²) in [6.45, 7) is 0. The predicted molar refractivity (Wildman–Crippen MR) is 39.7 cm³/mol. The van der Waals surface area contributed by atoms with Gasteiger partial charge in [-0.3, -0.25) is 4.79 Å². The molecule has 1 aliphatic rings. The van der Waals surface area contributed by atoms with Gasteiger partial charge < -0.3 is 4.74 Å². The molecule has 0 heterocycles. The van der Waals surface area contributed by atoms with E-state index in [0.29, 0.717) is 0 Å². The first-order chi connectivity index (χ1) is 6.49. The van der Waals surface area contributed by atoms with E-state index >= 15 is 0 Å². The van der Waals surface area contributed by atoms with Crippen molar-refractivity contribution in [1.82, 2.24) is 0 Å². The van der Waals surface area contributed by atoms with Gasteiger partial charge in [0.05, 0.1) is 13.0 Å². The molecule has 1 rings (SSSR count). The lowest BCUT2D eigenvalue weighted by atomic mass is 9.84. The zero-order chi connectivity index (χ0) is 10.9. The minimum atomic E-state index is -2.59. The minimum absolute atomic E-state index is 0.671. The van der Waals surface area contributed by atoms with Crippen molar-refractivity contribution < 1.29 is 27.1 Å². The average molecular weight is 214 g/mol. The fraction of sp³-hybridized carbons (Fsp3) is 0.875. The summed E-state index contributed by atoms with van der Waals surface area (Å²) in [5, 5.41) is 0. The van der Waals surface area contributed by atoms with Crippen LogP contribution in [-0.4, -0.2) is 37.8 Å². The highest BCUT2D eigenvalue weighted by molar-refractivity contribution is 5.73. The van der Waals surface area contributed by atoms with Crippen LogP contribution in [0.15, 0.2) is 0 Å². The third kappa shape index (κ3) is 1.83. The summed E-state index contributed by atoms with van der Waals surface area (Å²) in [6.07, 6.45) is -10.2. The number of methoxy groups -OCH3 is 1. The van der Waals surface area contributed by atoms with Crippen molar-refractivity contribution in [3.8, 4) is 0 Å². The molecule has 2 nitrogen and oxygen atoms in total. The molecule has 0 aromatic rings. The summed E-state index contributed by atoms with van der Waals surface area (Å²) in [6, 6.07) is 0. The second kappa shape index (κ2) is 4.14. The van der Waals surface area contributed by atoms with Crippen LogP contribution in [0.4, 0.5) is 17.6 Å². The van der Waals surface area contributed by atoms with Gasteiger partial charge in [-0.15, -0.1) is 0 Å². The second-order valence-corrected chi connectivity index (χ2v) is 3.21. The van der Waals surface area contributed by atoms with Gasteiger partial charge in [0.15, 0.2) is 12.3 Å². The average Bonchev–Trinajstić information content (AvgIpc) is 2.19. The van der Waals surface area contributed by atoms with E-state index in [2.05, 4.69) is 4.74 Å². The monoisotopic (exact) mass is 214 g/mol. The van der Waals surface area contributed by atoms with Crippen LogP contribution < -0.4 is 0 Å². The van der Waals surface area contributed by atoms with Crippen molar-refractivity contribution >= 4 is 5.97 Å². The molecule has 0 radical (unpaired) electrons. The molecule has 14 heavy (non-hydrogen) atoms. The zero-order valence-corrected chi connectivity index (χ0v) is 7.42. The lowest BCUT2D eigenvalue weighted by Crippen LogP contribution is -2.48. The number of carbonyl (C=O) groups is 1. The molecule has 0 saturated heterocycles. The van der Waals surface area contributed by atoms with Crippen LogP contribution in [0.1, 0.15) is 6.42 Å². The largest absolute Gasteiger partial charge is 0.469 e. The molecular formula is C8H10F4O2. The van der Waals surface area contributed by atoms with E-state index in [9.17, 15) is 22.4 Å². The molecule has 0 N–H and O–H groups in total. The van der Waals surface area contributed by atoms with Crippen molar-refractivity contribution in [2.45, 2.75) is 31.1 Å². The Hall–Kier alpha value is -0.810. The third-order valence-electron chi connectivity index (χ3n) is 2.32. The maximum absolute atomic E-state index is 13.0. The van der Waals surface area contributed by atoms with Crippen LogP contribution in [0.25, 0.3) is 0 Å². The van der Waals surface area contributed by atoms with Crippen LogP contribution in [0.2, 0.25) is 0 Å². The van der Waals surface area contributed by atoms with Crippen LogP contribution in [0.5, 0.6) is 0 Å². The summed E-state index contributed by atoms with van der Waals surface area (Å²) in [5.41, 5.74) is 0. The Labute approximate surface area is 78.2 Å². The SMILES string of the molecule is COC(=O)C1CC(F)C(F)C(F)C1F. The van der Waals surface area contributed by atoms with Gasteiger partial charge >= 0.3 is 5.97 Å². The van der Waals surface area contributed by atoms with E-state index in [0.717, 1.165) is 7.11 Å². The van der Waals surface area contributed by atoms with E-state index in [4.69, 9.17) is 0 Å². The number of esters is 1. The predicted octanol–water partition coefficient (Wildman–Crippen LogP) is 1.53. The lowest BCUT2D eigenvalue weighted by Gasteiger charge is -2.31. The molecule has 0 aliphatic heterocycles. The van der Waals surface area contributed by atoms with Crippen molar-refractivity contribution in [3.05, 3.63) is 0 Å². The van der Waals surface area contributed by atoms with Gasteiger partial charge in [-0.25, -0.2) is 17.6 Å². The van der Waals surface area contributed by atoms with Crippen molar-refractivity contribution in [2.75, 3.05) is 7.11 Å². The Kier molecular flexibility index (Phi) is 3.34. The fourth-order valence-electron chi connectivity index (χ4n) is 1.48. The van der Waals surface area contributed by atoms with Crippen LogP contribution >= 0.6 is 0 Å². The number of carbonyl (C=O) groups excluding carboxylic acids is 1. The molecule has 1 fully saturated rings. The molecule has 1 aliphatic carbocycles. The molecule has 5 unspecified atom stereocenters. The maximum Gasteiger partial charge on any atom is 0.311 e. The molecule has 82 valence electrons. The third-order valence-corrected chi connectivity index (χ3v) is 2.32. The maximum atomic E-state index is 13.0. The normalized spacial score (nSPS) is 43.4. The Morgan fingerprint density at radius 2 is 1.71 bits per heavy atom. The molecule has 6 heteroatoms. The smallest absolute Gasteiger partial charge is 0.311 e. The van der Waals surface area contributed by atoms with Gasteiger partial charge in [0, 0.05) is 0 Å². The number of rotatable bonds is 1. The van der Waals surface area contributed by atoms with Crippen molar-refractivity contribution in [1.29, 1.82) is 0 Å². The summed E-state index contributed by atoms with van der Waals surface area (Å²) in [4.78, 5) is 10.9. The Balaban J connectivity index is 2.75. The topological polar surface area (TPSA) is 26.3 Å². The van der Waals surface area contributed by atoms with E-state index in [1.807, 2.05) is 0 Å². The van der Waals surface area contributed by atoms with E-state index < -0.39 is 43.0 Å². The first kappa shape index (κ1) is 11.3. The standard InChI is InChI=1S/C8H10F4O2/c1-14-8(13)3-2-4(9)6(11)7(12)5(3)10/h3-7H,2H2,1H3. The zero-order valence-electron chi connectivity index (χ0n) is 7.42. The Morgan fingerprint density at radius 1 is 1.14 bits per heavy atom. The molecule has 5 atom stereocenters. The first-order valence-corrected chi connectivity index (χ1v) is 4.13. The molecule has 0 aromatic heterocycles. The van der Waals surface area contributed by atoms with Crippen molar-refractivity contribution in [3.63, 3.8) is 0 Å². The van der Waals surface area contributed by atoms with Crippen LogP contribution in [0.3, 0.4) is 0 Å².